The Kier molecular flexibility index (Phi) is 3.35. The third-order valence-corrected chi connectivity index (χ3v) is 2.43. The van der Waals surface area contributed by atoms with Crippen LogP contribution in [0.5, 0.6) is 0 Å². The first kappa shape index (κ1) is 11.5. The molecule has 1 heterocycles. The van der Waals surface area contributed by atoms with Gasteiger partial charge in [0.15, 0.2) is 11.5 Å². The highest BCUT2D eigenvalue weighted by molar-refractivity contribution is 6.33. The molecule has 0 saturated carbocycles. The van der Waals surface area contributed by atoms with E-state index in [1.807, 2.05) is 30.3 Å². The van der Waals surface area contributed by atoms with Gasteiger partial charge in [0.1, 0.15) is 0 Å². The summed E-state index contributed by atoms with van der Waals surface area (Å²) in [4.78, 5) is 19.6. The van der Waals surface area contributed by atoms with Crippen molar-refractivity contribution in [3.63, 3.8) is 0 Å². The fraction of sp³-hybridized carbons (Fsp3) is 0.0833. The standard InChI is InChI=1S/C12H9ClN2O2/c1-17-12(16)10-9(13)7-14-11(15-10)8-5-3-2-4-6-8/h2-7H,1H3. The van der Waals surface area contributed by atoms with Crippen molar-refractivity contribution < 1.29 is 9.53 Å². The van der Waals surface area contributed by atoms with Gasteiger partial charge in [-0.15, -0.1) is 0 Å². The predicted molar refractivity (Wildman–Crippen MR) is 63.8 cm³/mol. The van der Waals surface area contributed by atoms with Crippen molar-refractivity contribution >= 4 is 17.6 Å². The molecule has 0 N–H and O–H groups in total. The largest absolute Gasteiger partial charge is 0.464 e. The fourth-order valence-corrected chi connectivity index (χ4v) is 1.50. The summed E-state index contributed by atoms with van der Waals surface area (Å²) < 4.78 is 4.59. The summed E-state index contributed by atoms with van der Waals surface area (Å²) in [7, 11) is 1.28. The maximum atomic E-state index is 11.4. The SMILES string of the molecule is COC(=O)c1nc(-c2ccccc2)ncc1Cl. The number of nitrogens with zero attached hydrogens (tertiary/aromatic N) is 2. The maximum absolute atomic E-state index is 11.4. The number of esters is 1. The van der Waals surface area contributed by atoms with Crippen molar-refractivity contribution in [2.75, 3.05) is 7.11 Å². The van der Waals surface area contributed by atoms with Gasteiger partial charge in [-0.05, 0) is 0 Å². The lowest BCUT2D eigenvalue weighted by Crippen LogP contribution is -2.07. The number of ether oxygens (including phenoxy) is 1. The topological polar surface area (TPSA) is 52.1 Å². The summed E-state index contributed by atoms with van der Waals surface area (Å²) in [6.07, 6.45) is 1.39. The van der Waals surface area contributed by atoms with Gasteiger partial charge >= 0.3 is 5.97 Å². The van der Waals surface area contributed by atoms with E-state index in [0.29, 0.717) is 5.82 Å². The Morgan fingerprint density at radius 3 is 2.65 bits per heavy atom. The van der Waals surface area contributed by atoms with Gasteiger partial charge in [0, 0.05) is 5.56 Å². The number of carbonyl (C=O) groups excluding carboxylic acids is 1. The summed E-state index contributed by atoms with van der Waals surface area (Å²) >= 11 is 5.83. The van der Waals surface area contributed by atoms with E-state index in [4.69, 9.17) is 11.6 Å². The van der Waals surface area contributed by atoms with E-state index < -0.39 is 5.97 Å². The average molecular weight is 249 g/mol. The van der Waals surface area contributed by atoms with Crippen molar-refractivity contribution in [2.24, 2.45) is 0 Å². The molecule has 86 valence electrons. The number of methoxy groups -OCH3 is 1. The van der Waals surface area contributed by atoms with Gasteiger partial charge < -0.3 is 4.74 Å². The molecule has 0 spiro atoms. The van der Waals surface area contributed by atoms with E-state index >= 15 is 0 Å². The molecule has 0 fully saturated rings. The minimum atomic E-state index is -0.574. The molecule has 0 amide bonds. The van der Waals surface area contributed by atoms with Crippen LogP contribution in [0.3, 0.4) is 0 Å². The van der Waals surface area contributed by atoms with Crippen LogP contribution in [0, 0.1) is 0 Å². The lowest BCUT2D eigenvalue weighted by Gasteiger charge is -2.04. The zero-order chi connectivity index (χ0) is 12.3. The Labute approximate surface area is 103 Å². The van der Waals surface area contributed by atoms with E-state index in [0.717, 1.165) is 5.56 Å². The first-order valence-corrected chi connectivity index (χ1v) is 5.26. The van der Waals surface area contributed by atoms with Crippen LogP contribution in [0.2, 0.25) is 5.02 Å². The van der Waals surface area contributed by atoms with E-state index in [1.165, 1.54) is 13.3 Å². The lowest BCUT2D eigenvalue weighted by atomic mass is 10.2. The smallest absolute Gasteiger partial charge is 0.358 e. The van der Waals surface area contributed by atoms with Crippen LogP contribution in [-0.2, 0) is 4.74 Å². The van der Waals surface area contributed by atoms with Gasteiger partial charge in [-0.2, -0.15) is 0 Å². The number of aromatic nitrogens is 2. The molecule has 0 aliphatic carbocycles. The van der Waals surface area contributed by atoms with Crippen molar-refractivity contribution in [1.82, 2.24) is 9.97 Å². The molecule has 1 aromatic carbocycles. The second-order valence-corrected chi connectivity index (χ2v) is 3.65. The van der Waals surface area contributed by atoms with E-state index in [9.17, 15) is 4.79 Å². The zero-order valence-electron chi connectivity index (χ0n) is 9.05. The van der Waals surface area contributed by atoms with Crippen LogP contribution >= 0.6 is 11.6 Å². The second kappa shape index (κ2) is 4.93. The molecular weight excluding hydrogens is 240 g/mol. The van der Waals surface area contributed by atoms with Gasteiger partial charge in [0.05, 0.1) is 18.3 Å². The highest BCUT2D eigenvalue weighted by atomic mass is 35.5. The summed E-state index contributed by atoms with van der Waals surface area (Å²) in [6, 6.07) is 9.32. The van der Waals surface area contributed by atoms with Crippen LogP contribution in [0.15, 0.2) is 36.5 Å². The number of hydrogen-bond donors (Lipinski definition) is 0. The minimum Gasteiger partial charge on any atom is -0.464 e. The van der Waals surface area contributed by atoms with Crippen LogP contribution in [-0.4, -0.2) is 23.0 Å². The number of carbonyl (C=O) groups is 1. The van der Waals surface area contributed by atoms with Gasteiger partial charge in [-0.25, -0.2) is 14.8 Å². The second-order valence-electron chi connectivity index (χ2n) is 3.25. The van der Waals surface area contributed by atoms with Crippen LogP contribution in [0.1, 0.15) is 10.5 Å². The monoisotopic (exact) mass is 248 g/mol. The Bertz CT molecular complexity index is 543. The summed E-state index contributed by atoms with van der Waals surface area (Å²) in [6.45, 7) is 0. The third-order valence-electron chi connectivity index (χ3n) is 2.15. The van der Waals surface area contributed by atoms with Crippen LogP contribution in [0.4, 0.5) is 0 Å². The molecule has 17 heavy (non-hydrogen) atoms. The lowest BCUT2D eigenvalue weighted by molar-refractivity contribution is 0.0594. The zero-order valence-corrected chi connectivity index (χ0v) is 9.81. The Hall–Kier alpha value is -1.94. The summed E-state index contributed by atoms with van der Waals surface area (Å²) in [5, 5.41) is 0.177. The van der Waals surface area contributed by atoms with Gasteiger partial charge in [-0.1, -0.05) is 41.9 Å². The number of hydrogen-bond acceptors (Lipinski definition) is 4. The molecular formula is C12H9ClN2O2. The highest BCUT2D eigenvalue weighted by Gasteiger charge is 2.14. The van der Waals surface area contributed by atoms with Crippen molar-refractivity contribution in [3.05, 3.63) is 47.2 Å². The molecule has 1 aromatic heterocycles. The first-order chi connectivity index (χ1) is 8.22. The molecule has 0 aliphatic rings. The Balaban J connectivity index is 2.48. The highest BCUT2D eigenvalue weighted by Crippen LogP contribution is 2.19. The molecule has 0 unspecified atom stereocenters. The fourth-order valence-electron chi connectivity index (χ4n) is 1.33. The third kappa shape index (κ3) is 2.42. The van der Waals surface area contributed by atoms with Gasteiger partial charge in [0.2, 0.25) is 0 Å². The molecule has 0 radical (unpaired) electrons. The van der Waals surface area contributed by atoms with Crippen LogP contribution < -0.4 is 0 Å². The molecule has 5 heteroatoms. The maximum Gasteiger partial charge on any atom is 0.358 e. The minimum absolute atomic E-state index is 0.0722. The molecule has 0 aliphatic heterocycles. The molecule has 2 rings (SSSR count). The van der Waals surface area contributed by atoms with E-state index in [1.54, 1.807) is 0 Å². The molecule has 0 bridgehead atoms. The quantitative estimate of drug-likeness (QED) is 0.767. The Morgan fingerprint density at radius 2 is 2.00 bits per heavy atom. The van der Waals surface area contributed by atoms with E-state index in [-0.39, 0.29) is 10.7 Å². The molecule has 0 saturated heterocycles. The van der Waals surface area contributed by atoms with Gasteiger partial charge in [0.25, 0.3) is 0 Å². The summed E-state index contributed by atoms with van der Waals surface area (Å²) in [5.74, 6) is -0.134. The van der Waals surface area contributed by atoms with Crippen molar-refractivity contribution in [3.8, 4) is 11.4 Å². The molecule has 4 nitrogen and oxygen atoms in total. The van der Waals surface area contributed by atoms with Crippen molar-refractivity contribution in [1.29, 1.82) is 0 Å². The molecule has 0 atom stereocenters. The van der Waals surface area contributed by atoms with Crippen molar-refractivity contribution in [2.45, 2.75) is 0 Å². The predicted octanol–water partition coefficient (Wildman–Crippen LogP) is 2.58. The number of halogens is 1. The normalized spacial score (nSPS) is 10.0. The van der Waals surface area contributed by atoms with E-state index in [2.05, 4.69) is 14.7 Å². The number of rotatable bonds is 2. The summed E-state index contributed by atoms with van der Waals surface area (Å²) in [5.41, 5.74) is 0.886. The average Bonchev–Trinajstić information content (AvgIpc) is 2.39. The first-order valence-electron chi connectivity index (χ1n) is 4.88. The Morgan fingerprint density at radius 1 is 1.29 bits per heavy atom. The molecule has 2 aromatic rings. The number of benzene rings is 1. The van der Waals surface area contributed by atoms with Gasteiger partial charge in [-0.3, -0.25) is 0 Å². The van der Waals surface area contributed by atoms with Crippen LogP contribution in [0.25, 0.3) is 11.4 Å².